The number of anilines is 1. The summed E-state index contributed by atoms with van der Waals surface area (Å²) in [6.07, 6.45) is 9.13. The Hall–Kier alpha value is -2.18. The Morgan fingerprint density at radius 1 is 1.12 bits per heavy atom. The van der Waals surface area contributed by atoms with Gasteiger partial charge in [-0.1, -0.05) is 49.7 Å². The first-order chi connectivity index (χ1) is 24.1. The van der Waals surface area contributed by atoms with Gasteiger partial charge in [0.05, 0.1) is 43.5 Å². The minimum atomic E-state index is -3.82. The molecule has 9 nitrogen and oxygen atoms in total. The van der Waals surface area contributed by atoms with Gasteiger partial charge < -0.3 is 24.2 Å². The second-order valence-corrected chi connectivity index (χ2v) is 17.7. The largest absolute Gasteiger partial charge is 0.490 e. The molecule has 1 saturated carbocycles. The Morgan fingerprint density at radius 3 is 2.74 bits per heavy atom. The van der Waals surface area contributed by atoms with Crippen LogP contribution >= 0.6 is 11.6 Å². The van der Waals surface area contributed by atoms with E-state index in [1.165, 1.54) is 11.1 Å². The average molecular weight is 728 g/mol. The van der Waals surface area contributed by atoms with Crippen molar-refractivity contribution in [2.45, 2.75) is 81.8 Å². The molecule has 3 aliphatic heterocycles. The van der Waals surface area contributed by atoms with E-state index in [0.29, 0.717) is 43.5 Å². The van der Waals surface area contributed by atoms with Gasteiger partial charge in [0.25, 0.3) is 0 Å². The molecule has 2 bridgehead atoms. The van der Waals surface area contributed by atoms with Crippen LogP contribution in [0.15, 0.2) is 48.6 Å². The fraction of sp³-hybridized carbons (Fsp3) is 0.641. The SMILES string of the molecule is CC[C@@H]1C[C@H](C)/C=C/[C@H](OCCN2CCOCC2)[C@@H]2CC[C@H]2CN2C[C@@]3(CCCc4cc(Cl)ccc43)COc3ccc(cc32)C(O)NS1(=O)=O. The lowest BCUT2D eigenvalue weighted by molar-refractivity contribution is -0.0315. The zero-order chi connectivity index (χ0) is 34.9. The van der Waals surface area contributed by atoms with Crippen LogP contribution in [-0.2, 0) is 31.3 Å². The number of aryl methyl sites for hydroxylation is 1. The number of aliphatic hydroxyl groups is 1. The van der Waals surface area contributed by atoms with Gasteiger partial charge in [0, 0.05) is 43.2 Å². The molecule has 3 heterocycles. The van der Waals surface area contributed by atoms with Crippen LogP contribution < -0.4 is 14.4 Å². The lowest BCUT2D eigenvalue weighted by Crippen LogP contribution is -2.50. The second kappa shape index (κ2) is 15.4. The molecule has 5 aliphatic rings. The monoisotopic (exact) mass is 727 g/mol. The van der Waals surface area contributed by atoms with E-state index < -0.39 is 21.5 Å². The summed E-state index contributed by atoms with van der Waals surface area (Å²) in [6.45, 7) is 11.0. The summed E-state index contributed by atoms with van der Waals surface area (Å²) in [7, 11) is -3.82. The molecule has 11 heteroatoms. The molecule has 2 aromatic carbocycles. The van der Waals surface area contributed by atoms with Crippen molar-refractivity contribution in [3.05, 3.63) is 70.3 Å². The molecule has 0 aromatic heterocycles. The van der Waals surface area contributed by atoms with Gasteiger partial charge in [0.15, 0.2) is 0 Å². The van der Waals surface area contributed by atoms with Gasteiger partial charge in [-0.15, -0.1) is 0 Å². The zero-order valence-electron chi connectivity index (χ0n) is 29.6. The molecule has 2 N–H and O–H groups in total. The summed E-state index contributed by atoms with van der Waals surface area (Å²) < 4.78 is 48.9. The Labute approximate surface area is 303 Å². The molecule has 0 radical (unpaired) electrons. The third-order valence-electron chi connectivity index (χ3n) is 12.0. The maximum absolute atomic E-state index is 13.7. The fourth-order valence-corrected chi connectivity index (χ4v) is 10.8. The van der Waals surface area contributed by atoms with Gasteiger partial charge in [0.1, 0.15) is 12.0 Å². The van der Waals surface area contributed by atoms with Crippen LogP contribution in [0.5, 0.6) is 5.75 Å². The van der Waals surface area contributed by atoms with E-state index in [0.717, 1.165) is 94.5 Å². The van der Waals surface area contributed by atoms with Gasteiger partial charge in [0.2, 0.25) is 10.0 Å². The number of nitrogens with zero attached hydrogens (tertiary/aromatic N) is 2. The van der Waals surface area contributed by atoms with Crippen LogP contribution in [0.4, 0.5) is 5.69 Å². The number of ether oxygens (including phenoxy) is 3. The number of rotatable bonds is 5. The summed E-state index contributed by atoms with van der Waals surface area (Å²) >= 11 is 6.48. The van der Waals surface area contributed by atoms with Crippen molar-refractivity contribution in [3.8, 4) is 5.75 Å². The number of aliphatic hydroxyl groups excluding tert-OH is 1. The molecule has 1 saturated heterocycles. The van der Waals surface area contributed by atoms with Crippen molar-refractivity contribution < 1.29 is 27.7 Å². The van der Waals surface area contributed by atoms with Crippen LogP contribution in [0.25, 0.3) is 0 Å². The molecule has 7 rings (SSSR count). The molecule has 2 aliphatic carbocycles. The number of nitrogens with one attached hydrogen (secondary N) is 1. The maximum atomic E-state index is 13.7. The zero-order valence-corrected chi connectivity index (χ0v) is 31.1. The molecule has 1 spiro atoms. The molecule has 1 unspecified atom stereocenters. The Morgan fingerprint density at radius 2 is 1.96 bits per heavy atom. The smallest absolute Gasteiger partial charge is 0.216 e. The van der Waals surface area contributed by atoms with Crippen molar-refractivity contribution in [1.29, 1.82) is 0 Å². The van der Waals surface area contributed by atoms with Crippen LogP contribution in [0.1, 0.15) is 75.3 Å². The van der Waals surface area contributed by atoms with Crippen LogP contribution in [0, 0.1) is 17.8 Å². The van der Waals surface area contributed by atoms with E-state index in [1.54, 1.807) is 6.07 Å². The molecule has 274 valence electrons. The first-order valence-corrected chi connectivity index (χ1v) is 20.7. The van der Waals surface area contributed by atoms with Gasteiger partial charge in [-0.25, -0.2) is 8.42 Å². The summed E-state index contributed by atoms with van der Waals surface area (Å²) in [4.78, 5) is 4.87. The van der Waals surface area contributed by atoms with Crippen molar-refractivity contribution in [2.75, 3.05) is 64.1 Å². The molecular formula is C39H54ClN3O6S. The normalized spacial score (nSPS) is 33.7. The molecular weight excluding hydrogens is 674 g/mol. The van der Waals surface area contributed by atoms with E-state index in [2.05, 4.69) is 45.7 Å². The number of fused-ring (bicyclic) bond motifs is 4. The number of morpholine rings is 1. The highest BCUT2D eigenvalue weighted by Gasteiger charge is 2.44. The van der Waals surface area contributed by atoms with Crippen molar-refractivity contribution >= 4 is 27.3 Å². The number of benzene rings is 2. The molecule has 2 fully saturated rings. The van der Waals surface area contributed by atoms with E-state index in [-0.39, 0.29) is 17.4 Å². The quantitative estimate of drug-likeness (QED) is 0.371. The lowest BCUT2D eigenvalue weighted by atomic mass is 9.68. The Bertz CT molecular complexity index is 1630. The Kier molecular flexibility index (Phi) is 11.2. The van der Waals surface area contributed by atoms with Crippen molar-refractivity contribution in [1.82, 2.24) is 9.62 Å². The second-order valence-electron chi connectivity index (χ2n) is 15.3. The van der Waals surface area contributed by atoms with Crippen LogP contribution in [0.2, 0.25) is 5.02 Å². The molecule has 2 aromatic rings. The molecule has 7 atom stereocenters. The van der Waals surface area contributed by atoms with Gasteiger partial charge in [-0.05, 0) is 104 Å². The number of hydrogen-bond donors (Lipinski definition) is 2. The maximum Gasteiger partial charge on any atom is 0.216 e. The Balaban J connectivity index is 1.24. The number of hydrogen-bond acceptors (Lipinski definition) is 8. The van der Waals surface area contributed by atoms with E-state index in [9.17, 15) is 13.5 Å². The van der Waals surface area contributed by atoms with Gasteiger partial charge in [-0.2, -0.15) is 4.72 Å². The predicted molar refractivity (Wildman–Crippen MR) is 197 cm³/mol. The fourth-order valence-electron chi connectivity index (χ4n) is 8.93. The topological polar surface area (TPSA) is 101 Å². The minimum Gasteiger partial charge on any atom is -0.490 e. The van der Waals surface area contributed by atoms with Crippen molar-refractivity contribution in [2.24, 2.45) is 17.8 Å². The van der Waals surface area contributed by atoms with Crippen molar-refractivity contribution in [3.63, 3.8) is 0 Å². The highest BCUT2D eigenvalue weighted by Crippen LogP contribution is 2.47. The average Bonchev–Trinajstić information content (AvgIpc) is 3.24. The highest BCUT2D eigenvalue weighted by molar-refractivity contribution is 7.90. The first kappa shape index (κ1) is 36.2. The third kappa shape index (κ3) is 7.77. The summed E-state index contributed by atoms with van der Waals surface area (Å²) in [5.74, 6) is 1.54. The third-order valence-corrected chi connectivity index (χ3v) is 14.2. The summed E-state index contributed by atoms with van der Waals surface area (Å²) in [6, 6.07) is 11.9. The summed E-state index contributed by atoms with van der Waals surface area (Å²) in [5.41, 5.74) is 3.78. The first-order valence-electron chi connectivity index (χ1n) is 18.7. The van der Waals surface area contributed by atoms with Gasteiger partial charge in [-0.3, -0.25) is 4.90 Å². The van der Waals surface area contributed by atoms with Crippen LogP contribution in [-0.4, -0.2) is 88.9 Å². The number of allylic oxidation sites excluding steroid dienone is 1. The lowest BCUT2D eigenvalue weighted by Gasteiger charge is -2.46. The number of sulfonamides is 1. The highest BCUT2D eigenvalue weighted by atomic mass is 35.5. The standard InChI is InChI=1S/C39H54ClN3O6S/c1-3-32-21-27(2)6-12-36(48-20-17-42-15-18-47-19-16-42)33-10-7-30(33)24-43-25-39(14-4-5-28-22-31(40)9-11-34(28)39)26-49-37-13-8-29(23-35(37)43)38(44)41-50(32,45)46/h6,8-9,11-13,22-23,27,30,32-33,36,38,41,44H,3-5,7,10,14-21,24-26H2,1-2H3/b12-6+/t27-,30+,32-,33-,36+,38?,39+/m1/s1. The molecule has 0 amide bonds. The van der Waals surface area contributed by atoms with Gasteiger partial charge >= 0.3 is 0 Å². The van der Waals surface area contributed by atoms with E-state index in [4.69, 9.17) is 25.8 Å². The van der Waals surface area contributed by atoms with Crippen LogP contribution in [0.3, 0.4) is 0 Å². The molecule has 50 heavy (non-hydrogen) atoms. The summed E-state index contributed by atoms with van der Waals surface area (Å²) in [5, 5.41) is 11.5. The van der Waals surface area contributed by atoms with E-state index in [1.807, 2.05) is 25.1 Å². The minimum absolute atomic E-state index is 0.0267. The van der Waals surface area contributed by atoms with E-state index >= 15 is 0 Å². The predicted octanol–water partition coefficient (Wildman–Crippen LogP) is 5.84. The number of halogens is 1.